The third-order valence-corrected chi connectivity index (χ3v) is 3.88. The molecule has 1 aromatic rings. The number of aliphatic hydroxyl groups excluding tert-OH is 1. The van der Waals surface area contributed by atoms with Crippen LogP contribution in [-0.2, 0) is 25.5 Å². The Balaban J connectivity index is 2.92. The number of ether oxygens (including phenoxy) is 1. The number of hydrogen-bond donors (Lipinski definition) is 4. The van der Waals surface area contributed by atoms with E-state index in [1.165, 1.54) is 25.3 Å². The third-order valence-electron chi connectivity index (χ3n) is 3.88. The molecule has 0 saturated heterocycles. The zero-order chi connectivity index (χ0) is 23.1. The number of nitrogens with two attached hydrogens (primary N) is 1. The number of nitrogens with one attached hydrogen (secondary N) is 1. The zero-order valence-corrected chi connectivity index (χ0v) is 17.4. The number of phenols is 1. The molecule has 1 rings (SSSR count). The van der Waals surface area contributed by atoms with Crippen LogP contribution in [-0.4, -0.2) is 69.6 Å². The van der Waals surface area contributed by atoms with Crippen LogP contribution < -0.4 is 11.1 Å². The van der Waals surface area contributed by atoms with Gasteiger partial charge in [-0.1, -0.05) is 12.1 Å². The molecule has 0 spiro atoms. The fraction of sp³-hybridized carbons (Fsp3) is 0.500. The number of phenolic OH excluding ortho intramolecular Hbond substituents is 1. The summed E-state index contributed by atoms with van der Waals surface area (Å²) in [5, 5.41) is 21.6. The molecule has 30 heavy (non-hydrogen) atoms. The van der Waals surface area contributed by atoms with Crippen LogP contribution in [0.5, 0.6) is 5.75 Å². The van der Waals surface area contributed by atoms with E-state index in [2.05, 4.69) is 5.32 Å². The molecule has 3 atom stereocenters. The molecular formula is C20H28N3O7. The molecule has 0 bridgehead atoms. The molecule has 0 aromatic heterocycles. The van der Waals surface area contributed by atoms with Gasteiger partial charge in [0.05, 0.1) is 18.7 Å². The summed E-state index contributed by atoms with van der Waals surface area (Å²) < 4.78 is 5.09. The van der Waals surface area contributed by atoms with Crippen molar-refractivity contribution in [3.63, 3.8) is 0 Å². The van der Waals surface area contributed by atoms with Crippen LogP contribution in [0.3, 0.4) is 0 Å². The monoisotopic (exact) mass is 422 g/mol. The van der Waals surface area contributed by atoms with E-state index in [0.29, 0.717) is 10.5 Å². The first-order valence-corrected chi connectivity index (χ1v) is 9.27. The van der Waals surface area contributed by atoms with Gasteiger partial charge in [0.2, 0.25) is 12.2 Å². The van der Waals surface area contributed by atoms with Gasteiger partial charge in [0, 0.05) is 0 Å². The number of rotatable bonds is 8. The molecule has 0 aliphatic heterocycles. The van der Waals surface area contributed by atoms with Crippen molar-refractivity contribution in [2.75, 3.05) is 6.54 Å². The maximum Gasteiger partial charge on any atom is 0.417 e. The van der Waals surface area contributed by atoms with Crippen molar-refractivity contribution < 1.29 is 34.1 Å². The van der Waals surface area contributed by atoms with Gasteiger partial charge < -0.3 is 26.0 Å². The fourth-order valence-electron chi connectivity index (χ4n) is 2.41. The predicted octanol–water partition coefficient (Wildman–Crippen LogP) is 0.00100. The Morgan fingerprint density at radius 2 is 1.80 bits per heavy atom. The molecule has 10 nitrogen and oxygen atoms in total. The first-order valence-electron chi connectivity index (χ1n) is 9.27. The summed E-state index contributed by atoms with van der Waals surface area (Å²) >= 11 is 0. The molecule has 0 saturated carbocycles. The summed E-state index contributed by atoms with van der Waals surface area (Å²) in [4.78, 5) is 48.8. The van der Waals surface area contributed by atoms with Gasteiger partial charge in [-0.15, -0.1) is 0 Å². The molecule has 5 N–H and O–H groups in total. The Morgan fingerprint density at radius 3 is 2.27 bits per heavy atom. The van der Waals surface area contributed by atoms with E-state index >= 15 is 0 Å². The van der Waals surface area contributed by atoms with E-state index in [4.69, 9.17) is 10.5 Å². The minimum absolute atomic E-state index is 0.0609. The van der Waals surface area contributed by atoms with Crippen molar-refractivity contribution in [1.29, 1.82) is 0 Å². The Kier molecular flexibility index (Phi) is 8.94. The lowest BCUT2D eigenvalue weighted by molar-refractivity contribution is -0.138. The SMILES string of the molecule is C[C@H](O)[C@@H](NC(=O)[C@@H](N)Cc1ccc(O)cc1)C(=O)N(C[C]=O)C(=O)OC(C)(C)C. The van der Waals surface area contributed by atoms with Crippen LogP contribution >= 0.6 is 0 Å². The first kappa shape index (κ1) is 25.1. The number of carbonyl (C=O) groups is 3. The zero-order valence-electron chi connectivity index (χ0n) is 17.4. The Labute approximate surface area is 175 Å². The van der Waals surface area contributed by atoms with E-state index in [1.807, 2.05) is 0 Å². The topological polar surface area (TPSA) is 159 Å². The number of amides is 3. The first-order chi connectivity index (χ1) is 13.9. The van der Waals surface area contributed by atoms with Gasteiger partial charge in [-0.3, -0.25) is 14.4 Å². The minimum Gasteiger partial charge on any atom is -0.508 e. The number of aliphatic hydroxyl groups is 1. The Hall–Kier alpha value is -2.98. The number of hydrogen-bond acceptors (Lipinski definition) is 8. The molecule has 0 unspecified atom stereocenters. The molecule has 0 aliphatic carbocycles. The van der Waals surface area contributed by atoms with Crippen LogP contribution in [0.25, 0.3) is 0 Å². The van der Waals surface area contributed by atoms with Gasteiger partial charge >= 0.3 is 6.09 Å². The van der Waals surface area contributed by atoms with Crippen LogP contribution in [0.4, 0.5) is 4.79 Å². The minimum atomic E-state index is -1.54. The van der Waals surface area contributed by atoms with Crippen molar-refractivity contribution in [2.45, 2.75) is 57.9 Å². The number of nitrogens with zero attached hydrogens (tertiary/aromatic N) is 1. The number of benzene rings is 1. The lowest BCUT2D eigenvalue weighted by Crippen LogP contribution is -2.58. The normalized spacial score (nSPS) is 14.2. The molecule has 1 radical (unpaired) electrons. The highest BCUT2D eigenvalue weighted by atomic mass is 16.6. The van der Waals surface area contributed by atoms with E-state index in [1.54, 1.807) is 32.9 Å². The lowest BCUT2D eigenvalue weighted by atomic mass is 10.0. The van der Waals surface area contributed by atoms with Gasteiger partial charge in [0.25, 0.3) is 5.91 Å². The molecule has 165 valence electrons. The second-order valence-corrected chi connectivity index (χ2v) is 7.75. The molecule has 0 aliphatic rings. The summed E-state index contributed by atoms with van der Waals surface area (Å²) in [6.45, 7) is 5.25. The van der Waals surface area contributed by atoms with E-state index in [9.17, 15) is 29.4 Å². The van der Waals surface area contributed by atoms with Crippen molar-refractivity contribution in [1.82, 2.24) is 10.2 Å². The average molecular weight is 422 g/mol. The quantitative estimate of drug-likeness (QED) is 0.455. The molecule has 10 heteroatoms. The van der Waals surface area contributed by atoms with Crippen molar-refractivity contribution in [3.05, 3.63) is 29.8 Å². The van der Waals surface area contributed by atoms with Gasteiger partial charge in [-0.25, -0.2) is 9.69 Å². The van der Waals surface area contributed by atoms with Crippen LogP contribution in [0.1, 0.15) is 33.3 Å². The van der Waals surface area contributed by atoms with E-state index in [0.717, 1.165) is 0 Å². The smallest absolute Gasteiger partial charge is 0.417 e. The van der Waals surface area contributed by atoms with Crippen LogP contribution in [0, 0.1) is 0 Å². The van der Waals surface area contributed by atoms with Gasteiger partial charge in [-0.05, 0) is 51.8 Å². The summed E-state index contributed by atoms with van der Waals surface area (Å²) in [6, 6.07) is 3.45. The molecular weight excluding hydrogens is 394 g/mol. The number of imide groups is 1. The van der Waals surface area contributed by atoms with Crippen LogP contribution in [0.2, 0.25) is 0 Å². The standard InChI is InChI=1S/C20H28N3O7/c1-12(25)16(18(28)23(9-10-24)19(29)30-20(2,3)4)22-17(27)15(21)11-13-5-7-14(26)8-6-13/h5-8,12,15-16,25-26H,9,11,21H2,1-4H3,(H,22,27)/t12-,15-,16+/m0/s1. The van der Waals surface area contributed by atoms with Crippen LogP contribution in [0.15, 0.2) is 24.3 Å². The van der Waals surface area contributed by atoms with Gasteiger partial charge in [0.15, 0.2) is 0 Å². The van der Waals surface area contributed by atoms with Crippen molar-refractivity contribution in [2.24, 2.45) is 5.73 Å². The number of aromatic hydroxyl groups is 1. The fourth-order valence-corrected chi connectivity index (χ4v) is 2.41. The largest absolute Gasteiger partial charge is 0.508 e. The number of carbonyl (C=O) groups excluding carboxylic acids is 4. The Bertz CT molecular complexity index is 757. The van der Waals surface area contributed by atoms with Crippen molar-refractivity contribution >= 4 is 24.2 Å². The second kappa shape index (κ2) is 10.7. The second-order valence-electron chi connectivity index (χ2n) is 7.75. The maximum absolute atomic E-state index is 12.8. The Morgan fingerprint density at radius 1 is 1.23 bits per heavy atom. The highest BCUT2D eigenvalue weighted by Crippen LogP contribution is 2.13. The van der Waals surface area contributed by atoms with Gasteiger partial charge in [0.1, 0.15) is 17.4 Å². The molecule has 3 amide bonds. The highest BCUT2D eigenvalue weighted by molar-refractivity contribution is 5.99. The van der Waals surface area contributed by atoms with Gasteiger partial charge in [-0.2, -0.15) is 0 Å². The van der Waals surface area contributed by atoms with E-state index < -0.39 is 48.2 Å². The predicted molar refractivity (Wildman–Crippen MR) is 107 cm³/mol. The molecule has 1 aromatic carbocycles. The molecule has 0 heterocycles. The summed E-state index contributed by atoms with van der Waals surface area (Å²) in [6.07, 6.45) is -0.958. The molecule has 0 fully saturated rings. The third kappa shape index (κ3) is 7.80. The highest BCUT2D eigenvalue weighted by Gasteiger charge is 2.36. The maximum atomic E-state index is 12.8. The summed E-state index contributed by atoms with van der Waals surface area (Å²) in [5.41, 5.74) is 5.61. The summed E-state index contributed by atoms with van der Waals surface area (Å²) in [7, 11) is 0. The average Bonchev–Trinajstić information content (AvgIpc) is 2.63. The lowest BCUT2D eigenvalue weighted by Gasteiger charge is -2.29. The van der Waals surface area contributed by atoms with Crippen molar-refractivity contribution in [3.8, 4) is 5.75 Å². The van der Waals surface area contributed by atoms with E-state index in [-0.39, 0.29) is 12.2 Å². The summed E-state index contributed by atoms with van der Waals surface area (Å²) in [5.74, 6) is -1.72.